The van der Waals surface area contributed by atoms with Crippen molar-refractivity contribution in [3.8, 4) is 35.2 Å². The van der Waals surface area contributed by atoms with Crippen LogP contribution >= 0.6 is 0 Å². The van der Waals surface area contributed by atoms with Gasteiger partial charge in [-0.3, -0.25) is 0 Å². The van der Waals surface area contributed by atoms with Crippen LogP contribution < -0.4 is 30.7 Å². The monoisotopic (exact) mass is 743 g/mol. The Morgan fingerprint density at radius 2 is 0.926 bits per heavy atom. The van der Waals surface area contributed by atoms with Gasteiger partial charge in [-0.15, -0.1) is 0 Å². The fourth-order valence-corrected chi connectivity index (χ4v) is 4.62. The van der Waals surface area contributed by atoms with Gasteiger partial charge < -0.3 is 30.7 Å². The van der Waals surface area contributed by atoms with Gasteiger partial charge in [0.1, 0.15) is 22.9 Å². The molecule has 9 nitrogen and oxygen atoms in total. The van der Waals surface area contributed by atoms with E-state index >= 15 is 0 Å². The molecule has 15 heteroatoms. The maximum absolute atomic E-state index is 13.5. The van der Waals surface area contributed by atoms with Gasteiger partial charge in [-0.05, 0) is 109 Å². The van der Waals surface area contributed by atoms with Crippen molar-refractivity contribution in [2.75, 3.05) is 35.5 Å². The molecule has 0 spiro atoms. The number of ether oxygens (including phenoxy) is 2. The number of rotatable bonds is 6. The van der Waals surface area contributed by atoms with E-state index in [1.165, 1.54) is 26.4 Å². The molecule has 54 heavy (non-hydrogen) atoms. The predicted octanol–water partition coefficient (Wildman–Crippen LogP) is 9.22. The second-order valence-corrected chi connectivity index (χ2v) is 11.0. The molecule has 274 valence electrons. The Labute approximate surface area is 304 Å². The number of amides is 4. The lowest BCUT2D eigenvalue weighted by Gasteiger charge is -2.13. The second-order valence-electron chi connectivity index (χ2n) is 11.0. The third kappa shape index (κ3) is 10.5. The summed E-state index contributed by atoms with van der Waals surface area (Å²) in [7, 11) is 2.94. The van der Waals surface area contributed by atoms with Gasteiger partial charge in [0.2, 0.25) is 0 Å². The second kappa shape index (κ2) is 16.5. The van der Waals surface area contributed by atoms with E-state index in [-0.39, 0.29) is 33.9 Å². The van der Waals surface area contributed by atoms with E-state index in [0.717, 1.165) is 36.4 Å². The highest BCUT2D eigenvalue weighted by Crippen LogP contribution is 2.33. The quantitative estimate of drug-likeness (QED) is 0.102. The minimum absolute atomic E-state index is 0.0413. The predicted molar refractivity (Wildman–Crippen MR) is 190 cm³/mol. The summed E-state index contributed by atoms with van der Waals surface area (Å²) in [5, 5.41) is 9.85. The Kier molecular flexibility index (Phi) is 11.6. The van der Waals surface area contributed by atoms with E-state index in [4.69, 9.17) is 9.47 Å². The van der Waals surface area contributed by atoms with Gasteiger partial charge >= 0.3 is 24.4 Å². The molecule has 0 bridgehead atoms. The van der Waals surface area contributed by atoms with Gasteiger partial charge in [-0.2, -0.15) is 26.3 Å². The van der Waals surface area contributed by atoms with Crippen LogP contribution in [0.4, 0.5) is 58.7 Å². The maximum Gasteiger partial charge on any atom is 0.416 e. The number of urea groups is 2. The lowest BCUT2D eigenvalue weighted by atomic mass is 10.1. The molecule has 0 atom stereocenters. The van der Waals surface area contributed by atoms with Crippen molar-refractivity contribution in [3.05, 3.63) is 137 Å². The number of carbonyl (C=O) groups excluding carboxylic acids is 2. The number of halogens is 6. The first kappa shape index (κ1) is 38.1. The molecule has 0 radical (unpaired) electrons. The summed E-state index contributed by atoms with van der Waals surface area (Å²) in [5.41, 5.74) is -1.41. The van der Waals surface area contributed by atoms with E-state index in [0.29, 0.717) is 22.9 Å². The van der Waals surface area contributed by atoms with Crippen LogP contribution in [-0.4, -0.2) is 31.3 Å². The number of carbonyl (C=O) groups is 2. The van der Waals surface area contributed by atoms with E-state index in [9.17, 15) is 35.9 Å². The normalized spacial score (nSPS) is 10.8. The van der Waals surface area contributed by atoms with Crippen LogP contribution in [0.3, 0.4) is 0 Å². The van der Waals surface area contributed by atoms with Crippen LogP contribution in [0.25, 0.3) is 0 Å². The molecule has 0 fully saturated rings. The number of benzene rings is 4. The standard InChI is InChI=1S/C39H27F6N5O4/c1-53-32-18-14-30(15-19-32)47-36(51)49-34-22-26(38(40,41)42)10-6-24(34)8-12-28-4-3-5-29(46-28)13-9-25-7-11-27(39(43,44)45)23-35(25)50-37(52)48-31-16-20-33(54-2)21-17-31/h3-7,10-11,14-23H,1-2H3,(H2,47,49,51)(H2,48,50,52). The Balaban J connectivity index is 1.38. The SMILES string of the molecule is COc1ccc(NC(=O)Nc2cc(C(F)(F)F)ccc2C#Cc2cccc(C#Cc3ccc(C(F)(F)F)cc3NC(=O)Nc3ccc(OC)cc3)n2)cc1. The number of pyridine rings is 1. The third-order valence-corrected chi connectivity index (χ3v) is 7.29. The third-order valence-electron chi connectivity index (χ3n) is 7.29. The highest BCUT2D eigenvalue weighted by molar-refractivity contribution is 6.01. The fraction of sp³-hybridized carbons (Fsp3) is 0.103. The number of hydrogen-bond acceptors (Lipinski definition) is 5. The molecule has 1 aromatic heterocycles. The molecule has 0 aliphatic rings. The number of nitrogens with zero attached hydrogens (tertiary/aromatic N) is 1. The number of nitrogens with one attached hydrogen (secondary N) is 4. The molecule has 4 N–H and O–H groups in total. The summed E-state index contributed by atoms with van der Waals surface area (Å²) in [4.78, 5) is 29.7. The summed E-state index contributed by atoms with van der Waals surface area (Å²) in [6, 6.07) is 20.8. The summed E-state index contributed by atoms with van der Waals surface area (Å²) in [6.45, 7) is 0. The minimum Gasteiger partial charge on any atom is -0.497 e. The minimum atomic E-state index is -4.70. The Hall–Kier alpha value is -7.13. The van der Waals surface area contributed by atoms with Gasteiger partial charge in [-0.1, -0.05) is 17.9 Å². The van der Waals surface area contributed by atoms with E-state index in [1.807, 2.05) is 0 Å². The zero-order chi connectivity index (χ0) is 38.9. The highest BCUT2D eigenvalue weighted by Gasteiger charge is 2.32. The number of anilines is 4. The van der Waals surface area contributed by atoms with Crippen LogP contribution in [0, 0.1) is 23.7 Å². The van der Waals surface area contributed by atoms with Crippen molar-refractivity contribution in [2.45, 2.75) is 12.4 Å². The first-order chi connectivity index (χ1) is 25.7. The molecule has 0 aliphatic carbocycles. The number of alkyl halides is 6. The van der Waals surface area contributed by atoms with Crippen molar-refractivity contribution in [2.24, 2.45) is 0 Å². The molecule has 5 rings (SSSR count). The van der Waals surface area contributed by atoms with Crippen molar-refractivity contribution in [1.82, 2.24) is 4.98 Å². The van der Waals surface area contributed by atoms with Crippen LogP contribution in [-0.2, 0) is 12.4 Å². The van der Waals surface area contributed by atoms with Crippen molar-refractivity contribution >= 4 is 34.8 Å². The van der Waals surface area contributed by atoms with Crippen LogP contribution in [0.1, 0.15) is 33.6 Å². The van der Waals surface area contributed by atoms with Crippen LogP contribution in [0.2, 0.25) is 0 Å². The largest absolute Gasteiger partial charge is 0.497 e. The van der Waals surface area contributed by atoms with E-state index < -0.39 is 35.5 Å². The van der Waals surface area contributed by atoms with Gasteiger partial charge in [0.25, 0.3) is 0 Å². The summed E-state index contributed by atoms with van der Waals surface area (Å²) >= 11 is 0. The molecule has 0 aliphatic heterocycles. The molecule has 4 amide bonds. The molecular weight excluding hydrogens is 716 g/mol. The molecule has 0 unspecified atom stereocenters. The average molecular weight is 744 g/mol. The Morgan fingerprint density at radius 1 is 0.537 bits per heavy atom. The number of methoxy groups -OCH3 is 2. The molecule has 4 aromatic carbocycles. The zero-order valence-corrected chi connectivity index (χ0v) is 28.2. The topological polar surface area (TPSA) is 114 Å². The highest BCUT2D eigenvalue weighted by atomic mass is 19.4. The number of aromatic nitrogens is 1. The lowest BCUT2D eigenvalue weighted by Crippen LogP contribution is -2.20. The van der Waals surface area contributed by atoms with Crippen molar-refractivity contribution in [3.63, 3.8) is 0 Å². The molecule has 5 aromatic rings. The smallest absolute Gasteiger partial charge is 0.416 e. The van der Waals surface area contributed by atoms with Gasteiger partial charge in [0.15, 0.2) is 0 Å². The molecule has 0 saturated carbocycles. The van der Waals surface area contributed by atoms with Gasteiger partial charge in [0.05, 0.1) is 36.7 Å². The Bertz CT molecular complexity index is 2130. The summed E-state index contributed by atoms with van der Waals surface area (Å²) in [5.74, 6) is 12.0. The van der Waals surface area contributed by atoms with E-state index in [1.54, 1.807) is 54.6 Å². The first-order valence-corrected chi connectivity index (χ1v) is 15.6. The van der Waals surface area contributed by atoms with Gasteiger partial charge in [-0.25, -0.2) is 14.6 Å². The molecular formula is C39H27F6N5O4. The maximum atomic E-state index is 13.5. The van der Waals surface area contributed by atoms with Crippen molar-refractivity contribution in [1.29, 1.82) is 0 Å². The Morgan fingerprint density at radius 3 is 1.28 bits per heavy atom. The molecule has 1 heterocycles. The fourth-order valence-electron chi connectivity index (χ4n) is 4.62. The lowest BCUT2D eigenvalue weighted by molar-refractivity contribution is -0.138. The summed E-state index contributed by atoms with van der Waals surface area (Å²) < 4.78 is 91.4. The average Bonchev–Trinajstić information content (AvgIpc) is 3.13. The number of hydrogen-bond donors (Lipinski definition) is 4. The van der Waals surface area contributed by atoms with E-state index in [2.05, 4.69) is 49.9 Å². The zero-order valence-electron chi connectivity index (χ0n) is 28.2. The van der Waals surface area contributed by atoms with Crippen LogP contribution in [0.5, 0.6) is 11.5 Å². The summed E-state index contributed by atoms with van der Waals surface area (Å²) in [6.07, 6.45) is -9.40. The van der Waals surface area contributed by atoms with Crippen LogP contribution in [0.15, 0.2) is 103 Å². The van der Waals surface area contributed by atoms with Crippen molar-refractivity contribution < 1.29 is 45.4 Å². The molecule has 0 saturated heterocycles. The van der Waals surface area contributed by atoms with Gasteiger partial charge in [0, 0.05) is 22.5 Å². The first-order valence-electron chi connectivity index (χ1n) is 15.6.